The third-order valence-corrected chi connectivity index (χ3v) is 9.70. The van der Waals surface area contributed by atoms with Gasteiger partial charge in [0.15, 0.2) is 0 Å². The van der Waals surface area contributed by atoms with Gasteiger partial charge in [0.25, 0.3) is 0 Å². The Labute approximate surface area is 204 Å². The number of fused-ring (bicyclic) bond motifs is 5. The summed E-state index contributed by atoms with van der Waals surface area (Å²) in [5, 5.41) is 23.0. The first-order chi connectivity index (χ1) is 16.3. The number of aliphatic hydroxyl groups excluding tert-OH is 2. The molecule has 9 nitrogen and oxygen atoms in total. The molecule has 2 saturated heterocycles. The lowest BCUT2D eigenvalue weighted by molar-refractivity contribution is -0.423. The van der Waals surface area contributed by atoms with Crippen LogP contribution in [-0.4, -0.2) is 65.4 Å². The van der Waals surface area contributed by atoms with Crippen molar-refractivity contribution in [2.45, 2.75) is 95.5 Å². The first kappa shape index (κ1) is 23.5. The Balaban J connectivity index is 1.57. The molecule has 4 heterocycles. The predicted molar refractivity (Wildman–Crippen MR) is 121 cm³/mol. The molecule has 7 atom stereocenters. The summed E-state index contributed by atoms with van der Waals surface area (Å²) in [5.74, 6) is -1.11. The molecule has 192 valence electrons. The van der Waals surface area contributed by atoms with Crippen LogP contribution in [0.5, 0.6) is 11.5 Å². The van der Waals surface area contributed by atoms with E-state index >= 15 is 0 Å². The van der Waals surface area contributed by atoms with Crippen molar-refractivity contribution in [2.75, 3.05) is 14.2 Å². The Bertz CT molecular complexity index is 1150. The highest BCUT2D eigenvalue weighted by molar-refractivity contribution is 5.98. The largest absolute Gasteiger partial charge is 0.495 e. The highest BCUT2D eigenvalue weighted by atomic mass is 16.9. The van der Waals surface area contributed by atoms with Gasteiger partial charge in [-0.1, -0.05) is 6.92 Å². The number of benzene rings is 1. The molecule has 35 heavy (non-hydrogen) atoms. The third-order valence-electron chi connectivity index (χ3n) is 9.70. The fourth-order valence-electron chi connectivity index (χ4n) is 8.32. The molecule has 2 N–H and O–H groups in total. The second-order valence-corrected chi connectivity index (χ2v) is 11.7. The maximum absolute atomic E-state index is 12.6. The number of ether oxygens (including phenoxy) is 6. The van der Waals surface area contributed by atoms with Gasteiger partial charge < -0.3 is 38.6 Å². The van der Waals surface area contributed by atoms with Crippen LogP contribution >= 0.6 is 0 Å². The van der Waals surface area contributed by atoms with E-state index in [1.54, 1.807) is 7.11 Å². The SMILES string of the molecule is COc1c2c(c(C)c3c1C(=O)OC3)O[C@@]1(C)C[C@@H](O)[C@@]34O[C@@](OC)(OC3(C)C)[C@@H](O)C[C@]4(C)[C@H]1C2. The van der Waals surface area contributed by atoms with Crippen LogP contribution in [-0.2, 0) is 32.0 Å². The number of carbonyl (C=O) groups is 1. The second-order valence-electron chi connectivity index (χ2n) is 11.7. The summed E-state index contributed by atoms with van der Waals surface area (Å²) in [7, 11) is 2.99. The molecule has 3 fully saturated rings. The number of hydrogen-bond acceptors (Lipinski definition) is 9. The summed E-state index contributed by atoms with van der Waals surface area (Å²) < 4.78 is 36.3. The Kier molecular flexibility index (Phi) is 4.49. The smallest absolute Gasteiger partial charge is 0.342 e. The van der Waals surface area contributed by atoms with E-state index in [0.29, 0.717) is 29.9 Å². The Morgan fingerprint density at radius 2 is 1.71 bits per heavy atom. The molecule has 1 aromatic carbocycles. The molecule has 4 aliphatic heterocycles. The number of esters is 1. The molecule has 0 unspecified atom stereocenters. The molecule has 1 aromatic rings. The van der Waals surface area contributed by atoms with Crippen molar-refractivity contribution in [3.8, 4) is 11.5 Å². The van der Waals surface area contributed by atoms with Crippen LogP contribution in [0.1, 0.15) is 67.6 Å². The Morgan fingerprint density at radius 1 is 1.00 bits per heavy atom. The molecule has 2 bridgehead atoms. The van der Waals surface area contributed by atoms with Crippen LogP contribution in [0.4, 0.5) is 0 Å². The molecule has 0 amide bonds. The Morgan fingerprint density at radius 3 is 2.37 bits per heavy atom. The maximum atomic E-state index is 12.6. The summed E-state index contributed by atoms with van der Waals surface area (Å²) >= 11 is 0. The lowest BCUT2D eigenvalue weighted by Gasteiger charge is -2.66. The molecule has 1 spiro atoms. The highest BCUT2D eigenvalue weighted by Crippen LogP contribution is 2.70. The summed E-state index contributed by atoms with van der Waals surface area (Å²) in [6.07, 6.45) is -0.954. The summed E-state index contributed by atoms with van der Waals surface area (Å²) in [6, 6.07) is 0. The van der Waals surface area contributed by atoms with Gasteiger partial charge >= 0.3 is 11.9 Å². The van der Waals surface area contributed by atoms with Gasteiger partial charge in [-0.05, 0) is 46.1 Å². The fraction of sp³-hybridized carbons (Fsp3) is 0.731. The zero-order valence-electron chi connectivity index (χ0n) is 21.3. The van der Waals surface area contributed by atoms with Crippen LogP contribution in [0.2, 0.25) is 0 Å². The third kappa shape index (κ3) is 2.44. The maximum Gasteiger partial charge on any atom is 0.342 e. The van der Waals surface area contributed by atoms with E-state index in [1.165, 1.54) is 7.11 Å². The summed E-state index contributed by atoms with van der Waals surface area (Å²) in [5.41, 5.74) is -0.813. The molecule has 5 aliphatic rings. The molecular formula is C26H34O9. The van der Waals surface area contributed by atoms with Crippen LogP contribution in [0.15, 0.2) is 0 Å². The van der Waals surface area contributed by atoms with Crippen LogP contribution < -0.4 is 9.47 Å². The first-order valence-electron chi connectivity index (χ1n) is 12.2. The minimum atomic E-state index is -1.65. The van der Waals surface area contributed by atoms with Crippen molar-refractivity contribution in [2.24, 2.45) is 11.3 Å². The van der Waals surface area contributed by atoms with Gasteiger partial charge in [0.1, 0.15) is 46.6 Å². The topological polar surface area (TPSA) is 113 Å². The van der Waals surface area contributed by atoms with E-state index in [1.807, 2.05) is 34.6 Å². The number of methoxy groups -OCH3 is 2. The minimum Gasteiger partial charge on any atom is -0.495 e. The average Bonchev–Trinajstić information content (AvgIpc) is 3.27. The predicted octanol–water partition coefficient (Wildman–Crippen LogP) is 2.38. The van der Waals surface area contributed by atoms with Crippen molar-refractivity contribution in [1.29, 1.82) is 0 Å². The standard InChI is InChI=1S/C26H34O9/c1-12-14-11-32-21(29)18(14)20(30-6)13-8-15-23(4)9-17(28)26(31-7)34-22(2,3)25(23,35-26)16(27)10-24(15,5)33-19(12)13/h15-17,27-28H,8-11H2,1-7H3/t15-,16-,17+,23-,24+,25-,26+/m1/s1. The lowest BCUT2D eigenvalue weighted by atomic mass is 9.45. The number of rotatable bonds is 2. The zero-order chi connectivity index (χ0) is 25.3. The highest BCUT2D eigenvalue weighted by Gasteiger charge is 2.82. The van der Waals surface area contributed by atoms with Gasteiger partial charge in [-0.3, -0.25) is 0 Å². The quantitative estimate of drug-likeness (QED) is 0.603. The monoisotopic (exact) mass is 490 g/mol. The van der Waals surface area contributed by atoms with E-state index < -0.39 is 46.4 Å². The molecule has 9 heteroatoms. The van der Waals surface area contributed by atoms with Crippen molar-refractivity contribution in [3.63, 3.8) is 0 Å². The van der Waals surface area contributed by atoms with E-state index in [-0.39, 0.29) is 18.9 Å². The van der Waals surface area contributed by atoms with Crippen LogP contribution in [0.3, 0.4) is 0 Å². The van der Waals surface area contributed by atoms with Gasteiger partial charge in [-0.25, -0.2) is 4.79 Å². The van der Waals surface area contributed by atoms with Gasteiger partial charge in [-0.2, -0.15) is 0 Å². The number of aliphatic hydroxyl groups is 2. The molecule has 6 rings (SSSR count). The van der Waals surface area contributed by atoms with Gasteiger partial charge in [0.05, 0.1) is 13.2 Å². The van der Waals surface area contributed by atoms with Crippen molar-refractivity contribution >= 4 is 5.97 Å². The van der Waals surface area contributed by atoms with E-state index in [2.05, 4.69) is 0 Å². The van der Waals surface area contributed by atoms with Crippen molar-refractivity contribution < 1.29 is 43.4 Å². The summed E-state index contributed by atoms with van der Waals surface area (Å²) in [4.78, 5) is 12.6. The molecular weight excluding hydrogens is 456 g/mol. The molecule has 1 saturated carbocycles. The van der Waals surface area contributed by atoms with E-state index in [9.17, 15) is 15.0 Å². The molecule has 1 aliphatic carbocycles. The van der Waals surface area contributed by atoms with Gasteiger partial charge in [0.2, 0.25) is 0 Å². The van der Waals surface area contributed by atoms with E-state index in [0.717, 1.165) is 16.7 Å². The fourth-order valence-corrected chi connectivity index (χ4v) is 8.32. The Hall–Kier alpha value is -1.91. The normalized spacial score (nSPS) is 44.5. The molecule has 0 radical (unpaired) electrons. The summed E-state index contributed by atoms with van der Waals surface area (Å²) in [6.45, 7) is 9.91. The second kappa shape index (κ2) is 6.69. The van der Waals surface area contributed by atoms with Gasteiger partial charge in [-0.15, -0.1) is 0 Å². The minimum absolute atomic E-state index is 0.182. The van der Waals surface area contributed by atoms with Crippen LogP contribution in [0, 0.1) is 18.3 Å². The zero-order valence-corrected chi connectivity index (χ0v) is 21.3. The number of cyclic esters (lactones) is 1. The first-order valence-corrected chi connectivity index (χ1v) is 12.2. The van der Waals surface area contributed by atoms with Crippen molar-refractivity contribution in [1.82, 2.24) is 0 Å². The van der Waals surface area contributed by atoms with Crippen molar-refractivity contribution in [3.05, 3.63) is 22.3 Å². The average molecular weight is 491 g/mol. The number of carbonyl (C=O) groups excluding carboxylic acids is 1. The lowest BCUT2D eigenvalue weighted by Crippen LogP contribution is -2.78. The van der Waals surface area contributed by atoms with Crippen LogP contribution in [0.25, 0.3) is 0 Å². The van der Waals surface area contributed by atoms with E-state index in [4.69, 9.17) is 28.4 Å². The number of hydrogen-bond donors (Lipinski definition) is 2. The molecule has 0 aromatic heterocycles. The van der Waals surface area contributed by atoms with Gasteiger partial charge in [0, 0.05) is 36.0 Å².